The van der Waals surface area contributed by atoms with Crippen molar-refractivity contribution in [2.45, 2.75) is 52.2 Å². The van der Waals surface area contributed by atoms with Gasteiger partial charge in [-0.3, -0.25) is 24.1 Å². The predicted molar refractivity (Wildman–Crippen MR) is 135 cm³/mol. The molecule has 13 nitrogen and oxygen atoms in total. The highest BCUT2D eigenvalue weighted by Gasteiger charge is 2.25. The van der Waals surface area contributed by atoms with E-state index in [2.05, 4.69) is 20.0 Å². The van der Waals surface area contributed by atoms with E-state index in [0.717, 1.165) is 0 Å². The Morgan fingerprint density at radius 2 is 1.92 bits per heavy atom. The molecular formula is C23H30N5O8P. The van der Waals surface area contributed by atoms with Gasteiger partial charge in [-0.1, -0.05) is 6.07 Å². The van der Waals surface area contributed by atoms with Gasteiger partial charge in [-0.2, -0.15) is 0 Å². The summed E-state index contributed by atoms with van der Waals surface area (Å²) in [5.74, 6) is -0.120. The van der Waals surface area contributed by atoms with Crippen LogP contribution in [0, 0.1) is 0 Å². The lowest BCUT2D eigenvalue weighted by Gasteiger charge is -2.27. The number of fused-ring (bicyclic) bond motifs is 1. The first-order valence-electron chi connectivity index (χ1n) is 11.5. The van der Waals surface area contributed by atoms with Gasteiger partial charge in [0.1, 0.15) is 24.4 Å². The molecule has 3 N–H and O–H groups in total. The second-order valence-corrected chi connectivity index (χ2v) is 9.50. The maximum Gasteiger partial charge on any atom is 0.330 e. The molecule has 0 amide bonds. The molecule has 0 fully saturated rings. The van der Waals surface area contributed by atoms with Crippen LogP contribution in [0.5, 0.6) is 5.75 Å². The van der Waals surface area contributed by atoms with Crippen LogP contribution in [-0.2, 0) is 18.8 Å². The highest BCUT2D eigenvalue weighted by molar-refractivity contribution is 7.45. The van der Waals surface area contributed by atoms with E-state index < -0.39 is 44.2 Å². The van der Waals surface area contributed by atoms with Crippen LogP contribution in [0.3, 0.4) is 0 Å². The van der Waals surface area contributed by atoms with Gasteiger partial charge in [0.15, 0.2) is 5.75 Å². The van der Waals surface area contributed by atoms with Crippen molar-refractivity contribution in [3.8, 4) is 5.75 Å². The molecule has 0 spiro atoms. The molecule has 200 valence electrons. The van der Waals surface area contributed by atoms with E-state index in [1.54, 1.807) is 45.2 Å². The summed E-state index contributed by atoms with van der Waals surface area (Å²) in [5.41, 5.74) is -0.0772. The van der Waals surface area contributed by atoms with Gasteiger partial charge in [0.05, 0.1) is 24.3 Å². The number of hydrogen-bond acceptors (Lipinski definition) is 11. The van der Waals surface area contributed by atoms with Gasteiger partial charge >= 0.3 is 20.2 Å². The Kier molecular flexibility index (Phi) is 10.2. The molecule has 3 aromatic rings. The third-order valence-corrected chi connectivity index (χ3v) is 6.03. The first-order chi connectivity index (χ1) is 17.6. The van der Waals surface area contributed by atoms with Crippen molar-refractivity contribution >= 4 is 25.5 Å². The summed E-state index contributed by atoms with van der Waals surface area (Å²) in [6.45, 7) is 6.22. The molecule has 1 aromatic carbocycles. The van der Waals surface area contributed by atoms with Crippen LogP contribution >= 0.6 is 8.53 Å². The number of esters is 1. The number of aromatic nitrogens is 4. The first kappa shape index (κ1) is 28.4. The number of aromatic amines is 1. The van der Waals surface area contributed by atoms with E-state index in [4.69, 9.17) is 18.5 Å². The molecule has 0 aliphatic carbocycles. The summed E-state index contributed by atoms with van der Waals surface area (Å²) in [5, 5.41) is 13.2. The van der Waals surface area contributed by atoms with Crippen molar-refractivity contribution < 1.29 is 28.4 Å². The fraction of sp³-hybridized carbons (Fsp3) is 0.435. The smallest absolute Gasteiger partial charge is 0.330 e. The van der Waals surface area contributed by atoms with Gasteiger partial charge in [-0.05, 0) is 39.8 Å². The number of benzene rings is 1. The number of H-pyrrole nitrogens is 1. The number of aliphatic hydroxyl groups is 1. The number of nitrogens with zero attached hydrogens (tertiary/aromatic N) is 3. The second kappa shape index (κ2) is 13.4. The number of carbonyl (C=O) groups excluding carboxylic acids is 1. The van der Waals surface area contributed by atoms with Crippen LogP contribution in [0.15, 0.2) is 52.4 Å². The molecule has 0 saturated carbocycles. The average Bonchev–Trinajstić information content (AvgIpc) is 2.84. The summed E-state index contributed by atoms with van der Waals surface area (Å²) < 4.78 is 24.1. The van der Waals surface area contributed by atoms with Crippen molar-refractivity contribution in [3.05, 3.63) is 63.7 Å². The standard InChI is InChI=1S/C23H30N5O8P/c1-14(2)34-21(31)12-26-37(36-18-7-5-6-17-22(18)25-10-9-24-17)33-13-19(15(3)29)35-16(4)28-11-8-20(30)27-23(28)32/h5-11,14-16,19,26,29H,12-13H2,1-4H3,(H,27,30,32). The molecule has 2 aromatic heterocycles. The highest BCUT2D eigenvalue weighted by atomic mass is 31.2. The van der Waals surface area contributed by atoms with Gasteiger partial charge in [-0.25, -0.2) is 14.9 Å². The summed E-state index contributed by atoms with van der Waals surface area (Å²) in [4.78, 5) is 46.2. The zero-order valence-electron chi connectivity index (χ0n) is 20.9. The van der Waals surface area contributed by atoms with Crippen LogP contribution < -0.4 is 20.9 Å². The van der Waals surface area contributed by atoms with E-state index in [1.165, 1.54) is 30.0 Å². The number of aliphatic hydroxyl groups excluding tert-OH is 1. The van der Waals surface area contributed by atoms with E-state index in [-0.39, 0.29) is 19.3 Å². The molecular weight excluding hydrogens is 505 g/mol. The fourth-order valence-electron chi connectivity index (χ4n) is 3.13. The molecule has 3 rings (SSSR count). The normalized spacial score (nSPS) is 14.8. The second-order valence-electron chi connectivity index (χ2n) is 8.23. The molecule has 0 bridgehead atoms. The zero-order chi connectivity index (χ0) is 26.9. The molecule has 0 saturated heterocycles. The fourth-order valence-corrected chi connectivity index (χ4v) is 4.21. The van der Waals surface area contributed by atoms with Gasteiger partial charge in [0, 0.05) is 24.7 Å². The van der Waals surface area contributed by atoms with Crippen molar-refractivity contribution in [1.29, 1.82) is 0 Å². The minimum atomic E-state index is -1.94. The Bertz CT molecular complexity index is 1290. The lowest BCUT2D eigenvalue weighted by molar-refractivity contribution is -0.145. The Labute approximate surface area is 213 Å². The van der Waals surface area contributed by atoms with Gasteiger partial charge < -0.3 is 23.6 Å². The molecule has 2 heterocycles. The lowest BCUT2D eigenvalue weighted by atomic mass is 10.2. The topological polar surface area (TPSA) is 167 Å². The number of nitrogens with one attached hydrogen (secondary N) is 2. The number of ether oxygens (including phenoxy) is 2. The Balaban J connectivity index is 1.74. The lowest BCUT2D eigenvalue weighted by Crippen LogP contribution is -2.37. The minimum Gasteiger partial charge on any atom is -0.462 e. The predicted octanol–water partition coefficient (Wildman–Crippen LogP) is 1.63. The largest absolute Gasteiger partial charge is 0.462 e. The molecule has 37 heavy (non-hydrogen) atoms. The molecule has 14 heteroatoms. The molecule has 4 unspecified atom stereocenters. The Morgan fingerprint density at radius 3 is 2.62 bits per heavy atom. The van der Waals surface area contributed by atoms with Crippen molar-refractivity contribution in [3.63, 3.8) is 0 Å². The van der Waals surface area contributed by atoms with Crippen LogP contribution in [0.25, 0.3) is 11.0 Å². The van der Waals surface area contributed by atoms with Gasteiger partial charge in [0.2, 0.25) is 0 Å². The molecule has 0 aliphatic heterocycles. The monoisotopic (exact) mass is 535 g/mol. The van der Waals surface area contributed by atoms with Gasteiger partial charge in [-0.15, -0.1) is 0 Å². The SMILES string of the molecule is CC(C)OC(=O)CNP(OCC(OC(C)n1ccc(=O)[nH]c1=O)C(C)O)Oc1cccc2nccnc12. The van der Waals surface area contributed by atoms with E-state index in [9.17, 15) is 19.5 Å². The average molecular weight is 535 g/mol. The van der Waals surface area contributed by atoms with Crippen LogP contribution in [0.2, 0.25) is 0 Å². The first-order valence-corrected chi connectivity index (χ1v) is 12.7. The number of carbonyl (C=O) groups is 1. The van der Waals surface area contributed by atoms with Gasteiger partial charge in [0.25, 0.3) is 5.56 Å². The van der Waals surface area contributed by atoms with E-state index >= 15 is 0 Å². The summed E-state index contributed by atoms with van der Waals surface area (Å²) in [7, 11) is -1.94. The molecule has 0 radical (unpaired) electrons. The van der Waals surface area contributed by atoms with Crippen LogP contribution in [-0.4, -0.2) is 62.1 Å². The highest BCUT2D eigenvalue weighted by Crippen LogP contribution is 2.38. The van der Waals surface area contributed by atoms with Crippen molar-refractivity contribution in [2.75, 3.05) is 13.2 Å². The Morgan fingerprint density at radius 1 is 1.16 bits per heavy atom. The number of rotatable bonds is 13. The maximum absolute atomic E-state index is 12.1. The van der Waals surface area contributed by atoms with E-state index in [1.807, 2.05) is 0 Å². The van der Waals surface area contributed by atoms with Crippen molar-refractivity contribution in [2.24, 2.45) is 0 Å². The molecule has 4 atom stereocenters. The van der Waals surface area contributed by atoms with Crippen LogP contribution in [0.4, 0.5) is 0 Å². The summed E-state index contributed by atoms with van der Waals surface area (Å²) in [6, 6.07) is 6.41. The summed E-state index contributed by atoms with van der Waals surface area (Å²) >= 11 is 0. The quantitative estimate of drug-likeness (QED) is 0.215. The van der Waals surface area contributed by atoms with Crippen LogP contribution in [0.1, 0.15) is 33.9 Å². The third kappa shape index (κ3) is 8.41. The third-order valence-electron chi connectivity index (χ3n) is 4.87. The maximum atomic E-state index is 12.1. The zero-order valence-corrected chi connectivity index (χ0v) is 21.8. The minimum absolute atomic E-state index is 0.158. The number of hydrogen-bond donors (Lipinski definition) is 3. The summed E-state index contributed by atoms with van der Waals surface area (Å²) in [6.07, 6.45) is 1.38. The Hall–Kier alpha value is -3.22. The van der Waals surface area contributed by atoms with Crippen molar-refractivity contribution in [1.82, 2.24) is 24.6 Å². The number of para-hydroxylation sites is 1. The molecule has 0 aliphatic rings. The van der Waals surface area contributed by atoms with E-state index in [0.29, 0.717) is 16.8 Å².